The number of anilines is 1. The first kappa shape index (κ1) is 14.4. The van der Waals surface area contributed by atoms with Crippen LogP contribution in [0.25, 0.3) is 6.08 Å². The van der Waals surface area contributed by atoms with Crippen LogP contribution in [0.1, 0.15) is 11.1 Å². The minimum absolute atomic E-state index is 0.0461. The number of hydrogen-bond acceptors (Lipinski definition) is 4. The number of para-hydroxylation sites is 1. The normalized spacial score (nSPS) is 10.5. The van der Waals surface area contributed by atoms with Gasteiger partial charge in [0.1, 0.15) is 5.82 Å². The molecule has 0 aliphatic rings. The van der Waals surface area contributed by atoms with Gasteiger partial charge in [0, 0.05) is 18.3 Å². The molecule has 1 amide bonds. The molecule has 0 saturated carbocycles. The van der Waals surface area contributed by atoms with Crippen molar-refractivity contribution in [3.63, 3.8) is 0 Å². The van der Waals surface area contributed by atoms with Gasteiger partial charge in [0.15, 0.2) is 0 Å². The van der Waals surface area contributed by atoms with Crippen molar-refractivity contribution in [2.24, 2.45) is 0 Å². The van der Waals surface area contributed by atoms with Crippen LogP contribution in [0.3, 0.4) is 0 Å². The highest BCUT2D eigenvalue weighted by Crippen LogP contribution is 2.18. The molecule has 0 radical (unpaired) electrons. The van der Waals surface area contributed by atoms with Gasteiger partial charge in [-0.2, -0.15) is 0 Å². The predicted octanol–water partition coefficient (Wildman–Crippen LogP) is 2.95. The van der Waals surface area contributed by atoms with Gasteiger partial charge >= 0.3 is 0 Å². The van der Waals surface area contributed by atoms with Crippen molar-refractivity contribution in [2.45, 2.75) is 6.92 Å². The summed E-state index contributed by atoms with van der Waals surface area (Å²) in [5.74, 6) is 0.0402. The fraction of sp³-hybridized carbons (Fsp3) is 0.0667. The third-order valence-electron chi connectivity index (χ3n) is 2.71. The summed E-state index contributed by atoms with van der Waals surface area (Å²) in [5, 5.41) is 13.5. The number of carbonyl (C=O) groups excluding carboxylic acids is 1. The first-order valence-corrected chi connectivity index (χ1v) is 6.21. The summed E-state index contributed by atoms with van der Waals surface area (Å²) in [6.07, 6.45) is 4.24. The highest BCUT2D eigenvalue weighted by atomic mass is 16.6. The lowest BCUT2D eigenvalue weighted by atomic mass is 10.1. The summed E-state index contributed by atoms with van der Waals surface area (Å²) in [6, 6.07) is 9.76. The lowest BCUT2D eigenvalue weighted by Gasteiger charge is -2.01. The molecule has 21 heavy (non-hydrogen) atoms. The van der Waals surface area contributed by atoms with E-state index >= 15 is 0 Å². The zero-order valence-corrected chi connectivity index (χ0v) is 11.3. The molecule has 0 atom stereocenters. The second kappa shape index (κ2) is 6.42. The molecular weight excluding hydrogens is 270 g/mol. The Kier molecular flexibility index (Phi) is 4.40. The van der Waals surface area contributed by atoms with E-state index in [1.54, 1.807) is 30.5 Å². The number of nitro benzene ring substituents is 1. The van der Waals surface area contributed by atoms with Gasteiger partial charge in [0.2, 0.25) is 5.91 Å². The van der Waals surface area contributed by atoms with E-state index in [2.05, 4.69) is 10.3 Å². The van der Waals surface area contributed by atoms with Gasteiger partial charge in [-0.3, -0.25) is 14.9 Å². The van der Waals surface area contributed by atoms with E-state index in [9.17, 15) is 14.9 Å². The summed E-state index contributed by atoms with van der Waals surface area (Å²) in [7, 11) is 0. The van der Waals surface area contributed by atoms with Crippen molar-refractivity contribution in [1.82, 2.24) is 4.98 Å². The number of hydrogen-bond donors (Lipinski definition) is 1. The summed E-state index contributed by atoms with van der Waals surface area (Å²) in [5.41, 5.74) is 1.30. The Hall–Kier alpha value is -3.02. The molecule has 6 heteroatoms. The standard InChI is InChI=1S/C15H13N3O3/c1-11-8-9-16-14(10-11)17-15(19)7-6-12-4-2-3-5-13(12)18(20)21/h2-10H,1H3,(H,16,17,19)/b7-6+. The van der Waals surface area contributed by atoms with Crippen molar-refractivity contribution in [1.29, 1.82) is 0 Å². The van der Waals surface area contributed by atoms with E-state index in [0.29, 0.717) is 11.4 Å². The molecule has 106 valence electrons. The Morgan fingerprint density at radius 2 is 2.10 bits per heavy atom. The van der Waals surface area contributed by atoms with Crippen molar-refractivity contribution in [3.8, 4) is 0 Å². The molecule has 1 aromatic heterocycles. The van der Waals surface area contributed by atoms with Crippen molar-refractivity contribution in [3.05, 3.63) is 69.9 Å². The van der Waals surface area contributed by atoms with Crippen LogP contribution in [0, 0.1) is 17.0 Å². The highest BCUT2D eigenvalue weighted by Gasteiger charge is 2.09. The Morgan fingerprint density at radius 1 is 1.33 bits per heavy atom. The van der Waals surface area contributed by atoms with E-state index in [1.807, 2.05) is 13.0 Å². The van der Waals surface area contributed by atoms with Crippen LogP contribution in [-0.2, 0) is 4.79 Å². The van der Waals surface area contributed by atoms with Crippen molar-refractivity contribution < 1.29 is 9.72 Å². The summed E-state index contributed by atoms with van der Waals surface area (Å²) in [6.45, 7) is 1.89. The van der Waals surface area contributed by atoms with Crippen LogP contribution < -0.4 is 5.32 Å². The quantitative estimate of drug-likeness (QED) is 0.531. The summed E-state index contributed by atoms with van der Waals surface area (Å²) < 4.78 is 0. The van der Waals surface area contributed by atoms with Gasteiger partial charge in [-0.15, -0.1) is 0 Å². The second-order valence-corrected chi connectivity index (χ2v) is 4.36. The Labute approximate surface area is 121 Å². The molecule has 0 fully saturated rings. The minimum Gasteiger partial charge on any atom is -0.307 e. The lowest BCUT2D eigenvalue weighted by Crippen LogP contribution is -2.09. The maximum absolute atomic E-state index is 11.8. The highest BCUT2D eigenvalue weighted by molar-refractivity contribution is 6.01. The van der Waals surface area contributed by atoms with Gasteiger partial charge in [0.25, 0.3) is 5.69 Å². The van der Waals surface area contributed by atoms with Gasteiger partial charge in [0.05, 0.1) is 10.5 Å². The first-order chi connectivity index (χ1) is 10.1. The lowest BCUT2D eigenvalue weighted by molar-refractivity contribution is -0.385. The Balaban J connectivity index is 2.11. The molecule has 1 N–H and O–H groups in total. The van der Waals surface area contributed by atoms with Crippen LogP contribution in [-0.4, -0.2) is 15.8 Å². The van der Waals surface area contributed by atoms with E-state index < -0.39 is 10.8 Å². The number of nitro groups is 1. The van der Waals surface area contributed by atoms with Crippen LogP contribution in [0.2, 0.25) is 0 Å². The van der Waals surface area contributed by atoms with E-state index in [0.717, 1.165) is 5.56 Å². The third-order valence-corrected chi connectivity index (χ3v) is 2.71. The number of aromatic nitrogens is 1. The largest absolute Gasteiger partial charge is 0.307 e. The fourth-order valence-electron chi connectivity index (χ4n) is 1.73. The number of benzene rings is 1. The number of nitrogens with one attached hydrogen (secondary N) is 1. The van der Waals surface area contributed by atoms with Crippen molar-refractivity contribution in [2.75, 3.05) is 5.32 Å². The molecule has 0 spiro atoms. The predicted molar refractivity (Wildman–Crippen MR) is 79.7 cm³/mol. The third kappa shape index (κ3) is 3.97. The average molecular weight is 283 g/mol. The van der Waals surface area contributed by atoms with Crippen LogP contribution >= 0.6 is 0 Å². The number of amides is 1. The number of pyridine rings is 1. The smallest absolute Gasteiger partial charge is 0.276 e. The average Bonchev–Trinajstić information content (AvgIpc) is 2.45. The van der Waals surface area contributed by atoms with E-state index in [1.165, 1.54) is 18.2 Å². The molecule has 0 aliphatic heterocycles. The molecule has 1 heterocycles. The maximum Gasteiger partial charge on any atom is 0.276 e. The Bertz CT molecular complexity index is 711. The van der Waals surface area contributed by atoms with E-state index in [-0.39, 0.29) is 5.69 Å². The fourth-order valence-corrected chi connectivity index (χ4v) is 1.73. The number of rotatable bonds is 4. The molecule has 0 aliphatic carbocycles. The molecule has 1 aromatic carbocycles. The summed E-state index contributed by atoms with van der Waals surface area (Å²) in [4.78, 5) is 26.1. The molecule has 0 unspecified atom stereocenters. The maximum atomic E-state index is 11.8. The SMILES string of the molecule is Cc1ccnc(NC(=O)/C=C/c2ccccc2[N+](=O)[O-])c1. The first-order valence-electron chi connectivity index (χ1n) is 6.21. The monoisotopic (exact) mass is 283 g/mol. The topological polar surface area (TPSA) is 85.1 Å². The van der Waals surface area contributed by atoms with Gasteiger partial charge in [-0.1, -0.05) is 12.1 Å². The number of aryl methyl sites for hydroxylation is 1. The van der Waals surface area contributed by atoms with Gasteiger partial charge in [-0.05, 0) is 36.8 Å². The molecule has 0 saturated heterocycles. The molecule has 6 nitrogen and oxygen atoms in total. The molecule has 2 rings (SSSR count). The van der Waals surface area contributed by atoms with Gasteiger partial charge in [-0.25, -0.2) is 4.98 Å². The molecule has 0 bridgehead atoms. The summed E-state index contributed by atoms with van der Waals surface area (Å²) >= 11 is 0. The zero-order chi connectivity index (χ0) is 15.2. The second-order valence-electron chi connectivity index (χ2n) is 4.36. The molecule has 2 aromatic rings. The zero-order valence-electron chi connectivity index (χ0n) is 11.3. The van der Waals surface area contributed by atoms with Crippen molar-refractivity contribution >= 4 is 23.5 Å². The number of carbonyl (C=O) groups is 1. The Morgan fingerprint density at radius 3 is 2.81 bits per heavy atom. The minimum atomic E-state index is -0.486. The van der Waals surface area contributed by atoms with Crippen LogP contribution in [0.15, 0.2) is 48.7 Å². The van der Waals surface area contributed by atoms with E-state index in [4.69, 9.17) is 0 Å². The van der Waals surface area contributed by atoms with Crippen LogP contribution in [0.4, 0.5) is 11.5 Å². The number of nitrogens with zero attached hydrogens (tertiary/aromatic N) is 2. The van der Waals surface area contributed by atoms with Crippen LogP contribution in [0.5, 0.6) is 0 Å². The van der Waals surface area contributed by atoms with Gasteiger partial charge < -0.3 is 5.32 Å². The molecular formula is C15H13N3O3.